The number of anilines is 1. The first-order valence-electron chi connectivity index (χ1n) is 7.98. The lowest BCUT2D eigenvalue weighted by Crippen LogP contribution is -2.09. The number of rotatable bonds is 7. The fourth-order valence-electron chi connectivity index (χ4n) is 2.56. The minimum absolute atomic E-state index is 0.159. The van der Waals surface area contributed by atoms with E-state index in [1.54, 1.807) is 11.7 Å². The molecule has 0 aliphatic carbocycles. The van der Waals surface area contributed by atoms with E-state index in [0.29, 0.717) is 42.0 Å². The maximum absolute atomic E-state index is 6.34. The van der Waals surface area contributed by atoms with Gasteiger partial charge >= 0.3 is 6.01 Å². The fourth-order valence-corrected chi connectivity index (χ4v) is 2.73. The van der Waals surface area contributed by atoms with E-state index in [0.717, 1.165) is 11.1 Å². The Kier molecular flexibility index (Phi) is 5.43. The molecule has 2 aromatic heterocycles. The van der Waals surface area contributed by atoms with E-state index in [9.17, 15) is 0 Å². The monoisotopic (exact) mass is 377 g/mol. The Morgan fingerprint density at radius 1 is 1.15 bits per heavy atom. The van der Waals surface area contributed by atoms with Crippen molar-refractivity contribution in [3.05, 3.63) is 34.3 Å². The van der Waals surface area contributed by atoms with Crippen LogP contribution in [-0.2, 0) is 11.3 Å². The van der Waals surface area contributed by atoms with Gasteiger partial charge in [-0.05, 0) is 18.6 Å². The SMILES string of the molecule is COCCOc1nc(N)c2nc(OC)n(Cc3cc(C)ccc3Cl)c2n1. The van der Waals surface area contributed by atoms with Crippen LogP contribution in [0.3, 0.4) is 0 Å². The molecule has 0 radical (unpaired) electrons. The summed E-state index contributed by atoms with van der Waals surface area (Å²) in [5.41, 5.74) is 9.01. The first-order chi connectivity index (χ1) is 12.5. The summed E-state index contributed by atoms with van der Waals surface area (Å²) in [5.74, 6) is 0.217. The zero-order chi connectivity index (χ0) is 18.7. The molecule has 138 valence electrons. The van der Waals surface area contributed by atoms with Crippen LogP contribution in [0.1, 0.15) is 11.1 Å². The van der Waals surface area contributed by atoms with Crippen LogP contribution in [0.5, 0.6) is 12.0 Å². The number of halogens is 1. The van der Waals surface area contributed by atoms with Crippen LogP contribution in [0, 0.1) is 6.92 Å². The number of nitrogen functional groups attached to an aromatic ring is 1. The molecular formula is C17H20ClN5O3. The molecule has 0 bridgehead atoms. The van der Waals surface area contributed by atoms with Crippen molar-refractivity contribution < 1.29 is 14.2 Å². The van der Waals surface area contributed by atoms with Gasteiger partial charge in [0.15, 0.2) is 17.0 Å². The standard InChI is InChI=1S/C17H20ClN5O3/c1-10-4-5-12(18)11(8-10)9-23-15-13(20-17(23)25-3)14(19)21-16(22-15)26-7-6-24-2/h4-5,8H,6-7,9H2,1-3H3,(H2,19,21,22). The van der Waals surface area contributed by atoms with E-state index < -0.39 is 0 Å². The molecule has 0 unspecified atom stereocenters. The summed E-state index contributed by atoms with van der Waals surface area (Å²) >= 11 is 6.34. The predicted octanol–water partition coefficient (Wildman–Crippen LogP) is 2.45. The zero-order valence-corrected chi connectivity index (χ0v) is 15.6. The molecule has 0 atom stereocenters. The van der Waals surface area contributed by atoms with Crippen molar-refractivity contribution in [2.45, 2.75) is 13.5 Å². The molecule has 8 nitrogen and oxygen atoms in total. The number of hydrogen-bond acceptors (Lipinski definition) is 7. The second-order valence-electron chi connectivity index (χ2n) is 5.68. The number of nitrogens with two attached hydrogens (primary N) is 1. The molecule has 0 amide bonds. The van der Waals surface area contributed by atoms with Crippen LogP contribution >= 0.6 is 11.6 Å². The summed E-state index contributed by atoms with van der Waals surface area (Å²) in [6, 6.07) is 6.35. The summed E-state index contributed by atoms with van der Waals surface area (Å²) in [5, 5.41) is 0.651. The van der Waals surface area contributed by atoms with E-state index in [2.05, 4.69) is 15.0 Å². The highest BCUT2D eigenvalue weighted by atomic mass is 35.5. The van der Waals surface area contributed by atoms with Gasteiger partial charge in [-0.25, -0.2) is 0 Å². The number of benzene rings is 1. The summed E-state index contributed by atoms with van der Waals surface area (Å²) < 4.78 is 17.6. The Labute approximate surface area is 155 Å². The topological polar surface area (TPSA) is 97.3 Å². The first kappa shape index (κ1) is 18.2. The van der Waals surface area contributed by atoms with Crippen molar-refractivity contribution in [1.29, 1.82) is 0 Å². The number of fused-ring (bicyclic) bond motifs is 1. The van der Waals surface area contributed by atoms with E-state index in [4.69, 9.17) is 31.5 Å². The largest absolute Gasteiger partial charge is 0.468 e. The fraction of sp³-hybridized carbons (Fsp3) is 0.353. The van der Waals surface area contributed by atoms with Gasteiger partial charge in [0.05, 0.1) is 20.3 Å². The van der Waals surface area contributed by atoms with Gasteiger partial charge in [-0.3, -0.25) is 4.57 Å². The Bertz CT molecular complexity index is 928. The second-order valence-corrected chi connectivity index (χ2v) is 6.09. The van der Waals surface area contributed by atoms with Gasteiger partial charge in [0, 0.05) is 12.1 Å². The van der Waals surface area contributed by atoms with Crippen molar-refractivity contribution in [3.8, 4) is 12.0 Å². The Hall–Kier alpha value is -2.58. The molecule has 0 fully saturated rings. The maximum Gasteiger partial charge on any atom is 0.320 e. The molecule has 2 N–H and O–H groups in total. The minimum Gasteiger partial charge on any atom is -0.468 e. The molecular weight excluding hydrogens is 358 g/mol. The van der Waals surface area contributed by atoms with Crippen LogP contribution in [0.2, 0.25) is 5.02 Å². The summed E-state index contributed by atoms with van der Waals surface area (Å²) in [7, 11) is 3.13. The average molecular weight is 378 g/mol. The van der Waals surface area contributed by atoms with Crippen LogP contribution < -0.4 is 15.2 Å². The molecule has 3 aromatic rings. The highest BCUT2D eigenvalue weighted by Gasteiger charge is 2.19. The summed E-state index contributed by atoms with van der Waals surface area (Å²) in [4.78, 5) is 12.9. The van der Waals surface area contributed by atoms with Gasteiger partial charge in [0.25, 0.3) is 6.01 Å². The third-order valence-corrected chi connectivity index (χ3v) is 4.17. The molecule has 1 aromatic carbocycles. The van der Waals surface area contributed by atoms with Gasteiger partial charge in [-0.1, -0.05) is 29.3 Å². The van der Waals surface area contributed by atoms with Crippen molar-refractivity contribution >= 4 is 28.6 Å². The number of nitrogens with zero attached hydrogens (tertiary/aromatic N) is 4. The maximum atomic E-state index is 6.34. The van der Waals surface area contributed by atoms with Crippen LogP contribution in [0.15, 0.2) is 18.2 Å². The van der Waals surface area contributed by atoms with Gasteiger partial charge in [-0.2, -0.15) is 15.0 Å². The Morgan fingerprint density at radius 2 is 1.96 bits per heavy atom. The van der Waals surface area contributed by atoms with Crippen molar-refractivity contribution in [2.75, 3.05) is 33.2 Å². The second kappa shape index (κ2) is 7.76. The molecule has 3 rings (SSSR count). The molecule has 0 saturated carbocycles. The van der Waals surface area contributed by atoms with Crippen molar-refractivity contribution in [1.82, 2.24) is 19.5 Å². The minimum atomic E-state index is 0.159. The normalized spacial score (nSPS) is 11.1. The Morgan fingerprint density at radius 3 is 2.69 bits per heavy atom. The average Bonchev–Trinajstić information content (AvgIpc) is 2.97. The first-order valence-corrected chi connectivity index (χ1v) is 8.35. The van der Waals surface area contributed by atoms with Gasteiger partial charge in [0.2, 0.25) is 0 Å². The van der Waals surface area contributed by atoms with Crippen LogP contribution in [0.25, 0.3) is 11.2 Å². The molecule has 9 heteroatoms. The number of hydrogen-bond donors (Lipinski definition) is 1. The number of imidazole rings is 1. The van der Waals surface area contributed by atoms with Crippen molar-refractivity contribution in [3.63, 3.8) is 0 Å². The number of ether oxygens (including phenoxy) is 3. The summed E-state index contributed by atoms with van der Waals surface area (Å²) in [6.45, 7) is 3.17. The molecule has 0 aliphatic rings. The predicted molar refractivity (Wildman–Crippen MR) is 98.9 cm³/mol. The number of aryl methyl sites for hydroxylation is 1. The quantitative estimate of drug-likeness (QED) is 0.631. The van der Waals surface area contributed by atoms with Gasteiger partial charge < -0.3 is 19.9 Å². The Balaban J connectivity index is 2.05. The van der Waals surface area contributed by atoms with Crippen LogP contribution in [0.4, 0.5) is 5.82 Å². The lowest BCUT2D eigenvalue weighted by atomic mass is 10.1. The highest BCUT2D eigenvalue weighted by molar-refractivity contribution is 6.31. The zero-order valence-electron chi connectivity index (χ0n) is 14.8. The van der Waals surface area contributed by atoms with Gasteiger partial charge in [-0.15, -0.1) is 0 Å². The van der Waals surface area contributed by atoms with E-state index in [1.807, 2.05) is 25.1 Å². The smallest absolute Gasteiger partial charge is 0.320 e. The van der Waals surface area contributed by atoms with Crippen molar-refractivity contribution in [2.24, 2.45) is 0 Å². The third-order valence-electron chi connectivity index (χ3n) is 3.80. The molecule has 26 heavy (non-hydrogen) atoms. The molecule has 0 aliphatic heterocycles. The number of methoxy groups -OCH3 is 2. The molecule has 0 saturated heterocycles. The lowest BCUT2D eigenvalue weighted by molar-refractivity contribution is 0.141. The van der Waals surface area contributed by atoms with E-state index in [1.165, 1.54) is 7.11 Å². The van der Waals surface area contributed by atoms with Crippen LogP contribution in [-0.4, -0.2) is 47.0 Å². The number of aromatic nitrogens is 4. The molecule has 2 heterocycles. The third kappa shape index (κ3) is 3.66. The summed E-state index contributed by atoms with van der Waals surface area (Å²) in [6.07, 6.45) is 0. The van der Waals surface area contributed by atoms with Gasteiger partial charge in [0.1, 0.15) is 6.61 Å². The molecule has 0 spiro atoms. The lowest BCUT2D eigenvalue weighted by Gasteiger charge is -2.10. The van der Waals surface area contributed by atoms with E-state index >= 15 is 0 Å². The van der Waals surface area contributed by atoms with E-state index in [-0.39, 0.29) is 11.8 Å². The highest BCUT2D eigenvalue weighted by Crippen LogP contribution is 2.28.